The number of methoxy groups -OCH3 is 1. The Morgan fingerprint density at radius 1 is 0.480 bits per heavy atom. The van der Waals surface area contributed by atoms with Crippen molar-refractivity contribution in [3.63, 3.8) is 0 Å². The molecule has 3 atom stereocenters. The Kier molecular flexibility index (Phi) is 36.5. The van der Waals surface area contributed by atoms with Gasteiger partial charge in [-0.05, 0) is 155 Å². The molecule has 2 saturated heterocycles. The van der Waals surface area contributed by atoms with Gasteiger partial charge >= 0.3 is 0 Å². The lowest BCUT2D eigenvalue weighted by atomic mass is 9.72. The Hall–Kier alpha value is -1.88. The number of rotatable bonds is 8. The molecule has 0 spiro atoms. The minimum Gasteiger partial charge on any atom is -0.497 e. The van der Waals surface area contributed by atoms with Gasteiger partial charge in [0.2, 0.25) is 0 Å². The van der Waals surface area contributed by atoms with E-state index >= 15 is 0 Å². The van der Waals surface area contributed by atoms with Gasteiger partial charge in [0, 0.05) is 13.1 Å². The van der Waals surface area contributed by atoms with Crippen LogP contribution >= 0.6 is 0 Å². The van der Waals surface area contributed by atoms with E-state index in [9.17, 15) is 0 Å². The van der Waals surface area contributed by atoms with Crippen LogP contribution in [0.2, 0.25) is 0 Å². The Balaban J connectivity index is 0. The summed E-state index contributed by atoms with van der Waals surface area (Å²) in [6.07, 6.45) is 15.6. The summed E-state index contributed by atoms with van der Waals surface area (Å²) in [4.78, 5) is 5.11. The monoisotopic (exact) mass is 1050 g/mol. The van der Waals surface area contributed by atoms with Crippen molar-refractivity contribution in [2.24, 2.45) is 55.7 Å². The van der Waals surface area contributed by atoms with Gasteiger partial charge < -0.3 is 14.4 Å². The van der Waals surface area contributed by atoms with Gasteiger partial charge in [-0.15, -0.1) is 0 Å². The second-order valence-corrected chi connectivity index (χ2v) is 31.2. The molecule has 3 aliphatic rings. The lowest BCUT2D eigenvalue weighted by Crippen LogP contribution is -2.37. The maximum atomic E-state index is 5.29. The fourth-order valence-corrected chi connectivity index (χ4v) is 8.21. The third-order valence-corrected chi connectivity index (χ3v) is 17.1. The van der Waals surface area contributed by atoms with Crippen molar-refractivity contribution in [3.05, 3.63) is 65.7 Å². The molecular formula is C71H136N2O2. The van der Waals surface area contributed by atoms with E-state index in [1.165, 1.54) is 108 Å². The molecule has 1 aliphatic carbocycles. The Labute approximate surface area is 473 Å². The van der Waals surface area contributed by atoms with Crippen molar-refractivity contribution in [2.45, 2.75) is 269 Å². The van der Waals surface area contributed by atoms with Crippen molar-refractivity contribution in [2.75, 3.05) is 59.6 Å². The minimum absolute atomic E-state index is 0.314. The minimum atomic E-state index is 0.314. The Morgan fingerprint density at radius 2 is 0.853 bits per heavy atom. The SMILES string of the molecule is CC(C)(C)C1CCCCC1.CC(C)(C)CCN1CCCCC1.CC(C)(C)CCN1CCOCC1.CC(C)C(C)(C)C.CC(c1ccccc1)C(C)(C)C.CCC(C)C(C)(C)C.COc1ccc(C(C)C(C)(C)C)cc1. The first-order valence-corrected chi connectivity index (χ1v) is 30.9. The molecule has 5 rings (SSSR count). The highest BCUT2D eigenvalue weighted by Gasteiger charge is 2.26. The van der Waals surface area contributed by atoms with E-state index in [-0.39, 0.29) is 0 Å². The summed E-state index contributed by atoms with van der Waals surface area (Å²) in [7, 11) is 1.70. The average Bonchev–Trinajstić information content (AvgIpc) is 3.32. The largest absolute Gasteiger partial charge is 0.497 e. The van der Waals surface area contributed by atoms with Crippen molar-refractivity contribution in [1.29, 1.82) is 0 Å². The fourth-order valence-electron chi connectivity index (χ4n) is 8.21. The fraction of sp³-hybridized carbons (Fsp3) is 0.831. The van der Waals surface area contributed by atoms with Gasteiger partial charge in [0.1, 0.15) is 5.75 Å². The molecule has 2 aromatic rings. The summed E-state index contributed by atoms with van der Waals surface area (Å²) in [6.45, 7) is 71.2. The number of piperidine rings is 1. The second kappa shape index (κ2) is 36.4. The topological polar surface area (TPSA) is 24.9 Å². The van der Waals surface area contributed by atoms with Gasteiger partial charge in [-0.25, -0.2) is 0 Å². The van der Waals surface area contributed by atoms with Crippen LogP contribution in [-0.4, -0.2) is 69.4 Å². The number of likely N-dealkylation sites (tertiary alicyclic amines) is 1. The first kappa shape index (κ1) is 75.2. The van der Waals surface area contributed by atoms with Crippen molar-refractivity contribution in [3.8, 4) is 5.75 Å². The van der Waals surface area contributed by atoms with Gasteiger partial charge in [0.15, 0.2) is 0 Å². The Morgan fingerprint density at radius 3 is 1.15 bits per heavy atom. The average molecular weight is 1050 g/mol. The van der Waals surface area contributed by atoms with Gasteiger partial charge in [-0.2, -0.15) is 0 Å². The van der Waals surface area contributed by atoms with E-state index < -0.39 is 0 Å². The van der Waals surface area contributed by atoms with Crippen LogP contribution in [0.5, 0.6) is 5.75 Å². The number of morpholine rings is 1. The van der Waals surface area contributed by atoms with E-state index in [0.717, 1.165) is 49.8 Å². The van der Waals surface area contributed by atoms with E-state index in [1.54, 1.807) is 7.11 Å². The molecule has 0 N–H and O–H groups in total. The lowest BCUT2D eigenvalue weighted by molar-refractivity contribution is 0.0333. The van der Waals surface area contributed by atoms with Crippen LogP contribution in [0.4, 0.5) is 0 Å². The highest BCUT2D eigenvalue weighted by molar-refractivity contribution is 5.30. The molecule has 4 nitrogen and oxygen atoms in total. The zero-order valence-electron chi connectivity index (χ0n) is 56.2. The molecule has 1 saturated carbocycles. The molecule has 0 aromatic heterocycles. The summed E-state index contributed by atoms with van der Waals surface area (Å²) < 4.78 is 10.4. The maximum Gasteiger partial charge on any atom is 0.118 e. The third-order valence-electron chi connectivity index (χ3n) is 17.1. The van der Waals surface area contributed by atoms with Crippen molar-refractivity contribution in [1.82, 2.24) is 9.80 Å². The highest BCUT2D eigenvalue weighted by atomic mass is 16.5. The number of benzene rings is 2. The number of hydrogen-bond acceptors (Lipinski definition) is 4. The predicted molar refractivity (Wildman–Crippen MR) is 340 cm³/mol. The molecule has 2 heterocycles. The maximum absolute atomic E-state index is 5.29. The van der Waals surface area contributed by atoms with Gasteiger partial charge in [0.05, 0.1) is 20.3 Å². The normalized spacial score (nSPS) is 17.7. The number of ether oxygens (including phenoxy) is 2. The zero-order chi connectivity index (χ0) is 58.5. The number of hydrogen-bond donors (Lipinski definition) is 0. The molecule has 442 valence electrons. The summed E-state index contributed by atoms with van der Waals surface area (Å²) in [5, 5.41) is 0. The van der Waals surface area contributed by atoms with Crippen molar-refractivity contribution >= 4 is 0 Å². The zero-order valence-corrected chi connectivity index (χ0v) is 56.2. The van der Waals surface area contributed by atoms with E-state index in [2.05, 4.69) is 239 Å². The third kappa shape index (κ3) is 40.0. The standard InChI is InChI=1S/C13H20O.C12H18.C11H23N.C10H21NO.C10H20.C8H18.C7H16/c1-10(13(2,3)4)11-6-8-12(14-5)9-7-11;1-10(12(2,3)4)11-8-6-5-7-9-11;1-11(2,3)7-10-12-8-5-4-6-9-12;1-10(2,3)4-5-11-6-8-12-9-7-11;1-10(2,3)9-7-5-4-6-8-9;1-6-7(2)8(3,4)5;1-6(2)7(3,4)5/h6-10H,1-5H3;5-10H,1-4H3;4-10H2,1-3H3;4-9H2,1-3H3;9H,4-8H2,1-3H3;7H,6H2,1-5H3;6H,1-5H3. The van der Waals surface area contributed by atoms with E-state index in [1.807, 2.05) is 12.1 Å². The van der Waals surface area contributed by atoms with Crippen LogP contribution in [0, 0.1) is 55.7 Å². The summed E-state index contributed by atoms with van der Waals surface area (Å²) in [5.41, 5.74) is 6.05. The van der Waals surface area contributed by atoms with Crippen LogP contribution in [0.15, 0.2) is 54.6 Å². The molecule has 75 heavy (non-hydrogen) atoms. The predicted octanol–water partition coefficient (Wildman–Crippen LogP) is 21.7. The smallest absolute Gasteiger partial charge is 0.118 e. The van der Waals surface area contributed by atoms with Crippen LogP contribution in [0.3, 0.4) is 0 Å². The highest BCUT2D eigenvalue weighted by Crippen LogP contribution is 2.38. The van der Waals surface area contributed by atoms with E-state index in [0.29, 0.717) is 49.7 Å². The molecule has 2 aromatic carbocycles. The Bertz CT molecular complexity index is 1580. The molecule has 4 heteroatoms. The van der Waals surface area contributed by atoms with Crippen LogP contribution < -0.4 is 4.74 Å². The quantitative estimate of drug-likeness (QED) is 0.263. The molecule has 3 fully saturated rings. The molecule has 0 radical (unpaired) electrons. The first-order chi connectivity index (χ1) is 34.2. The van der Waals surface area contributed by atoms with E-state index in [4.69, 9.17) is 9.47 Å². The van der Waals surface area contributed by atoms with Gasteiger partial charge in [0.25, 0.3) is 0 Å². The summed E-state index contributed by atoms with van der Waals surface area (Å²) >= 11 is 0. The molecule has 0 amide bonds. The molecule has 2 aliphatic heterocycles. The number of nitrogens with zero attached hydrogens (tertiary/aromatic N) is 2. The second-order valence-electron chi connectivity index (χ2n) is 31.2. The van der Waals surface area contributed by atoms with Crippen LogP contribution in [0.25, 0.3) is 0 Å². The van der Waals surface area contributed by atoms with Crippen LogP contribution in [-0.2, 0) is 4.74 Å². The van der Waals surface area contributed by atoms with Crippen molar-refractivity contribution < 1.29 is 9.47 Å². The summed E-state index contributed by atoms with van der Waals surface area (Å²) in [6, 6.07) is 19.0. The molecular weight excluding hydrogens is 913 g/mol. The van der Waals surface area contributed by atoms with Crippen LogP contribution in [0.1, 0.15) is 281 Å². The van der Waals surface area contributed by atoms with Gasteiger partial charge in [-0.1, -0.05) is 262 Å². The van der Waals surface area contributed by atoms with Gasteiger partial charge in [-0.3, -0.25) is 4.90 Å². The summed E-state index contributed by atoms with van der Waals surface area (Å²) in [5.74, 6) is 4.76. The molecule has 0 bridgehead atoms. The molecule has 3 unspecified atom stereocenters. The lowest BCUT2D eigenvalue weighted by Gasteiger charge is -2.33. The first-order valence-electron chi connectivity index (χ1n) is 30.9.